The first-order valence-corrected chi connectivity index (χ1v) is 9.87. The third-order valence-corrected chi connectivity index (χ3v) is 5.24. The molecule has 0 radical (unpaired) electrons. The zero-order valence-electron chi connectivity index (χ0n) is 16.1. The van der Waals surface area contributed by atoms with Crippen LogP contribution in [-0.4, -0.2) is 26.4 Å². The van der Waals surface area contributed by atoms with Gasteiger partial charge in [-0.05, 0) is 73.3 Å². The van der Waals surface area contributed by atoms with Crippen molar-refractivity contribution in [2.75, 3.05) is 20.3 Å². The van der Waals surface area contributed by atoms with Crippen molar-refractivity contribution < 1.29 is 14.3 Å². The number of ether oxygens (including phenoxy) is 2. The van der Waals surface area contributed by atoms with Crippen LogP contribution in [-0.2, 0) is 17.6 Å². The third kappa shape index (κ3) is 5.75. The molecule has 0 spiro atoms. The second-order valence-electron chi connectivity index (χ2n) is 7.09. The van der Waals surface area contributed by atoms with Crippen LogP contribution in [0.5, 0.6) is 5.75 Å². The van der Waals surface area contributed by atoms with Crippen LogP contribution in [0, 0.1) is 0 Å². The van der Waals surface area contributed by atoms with E-state index in [9.17, 15) is 4.79 Å². The molecule has 1 atom stereocenters. The Kier molecular flexibility index (Phi) is 7.14. The molecule has 3 rings (SSSR count). The Morgan fingerprint density at radius 3 is 2.81 bits per heavy atom. The second kappa shape index (κ2) is 10.0. The average Bonchev–Trinajstić information content (AvgIpc) is 3.11. The van der Waals surface area contributed by atoms with E-state index in [0.29, 0.717) is 12.5 Å². The zero-order chi connectivity index (χ0) is 18.9. The number of hydrogen-bond acceptors (Lipinski definition) is 3. The van der Waals surface area contributed by atoms with Crippen LogP contribution in [0.1, 0.15) is 48.3 Å². The topological polar surface area (TPSA) is 47.6 Å². The molecule has 1 aliphatic carbocycles. The molecule has 0 saturated carbocycles. The van der Waals surface area contributed by atoms with Gasteiger partial charge in [0, 0.05) is 6.54 Å². The normalized spacial score (nSPS) is 15.2. The van der Waals surface area contributed by atoms with Crippen LogP contribution < -0.4 is 10.1 Å². The second-order valence-corrected chi connectivity index (χ2v) is 7.09. The van der Waals surface area contributed by atoms with Crippen molar-refractivity contribution in [3.63, 3.8) is 0 Å². The molecule has 0 fully saturated rings. The Hall–Kier alpha value is -2.49. The van der Waals surface area contributed by atoms with E-state index in [1.54, 1.807) is 0 Å². The molecule has 4 nitrogen and oxygen atoms in total. The highest BCUT2D eigenvalue weighted by Crippen LogP contribution is 2.37. The fraction of sp³-hybridized carbons (Fsp3) is 0.435. The van der Waals surface area contributed by atoms with Crippen molar-refractivity contribution in [2.45, 2.75) is 44.4 Å². The number of amides is 1. The highest BCUT2D eigenvalue weighted by atomic mass is 16.5. The van der Waals surface area contributed by atoms with Gasteiger partial charge < -0.3 is 14.8 Å². The van der Waals surface area contributed by atoms with Gasteiger partial charge in [0.2, 0.25) is 0 Å². The molecule has 144 valence electrons. The summed E-state index contributed by atoms with van der Waals surface area (Å²) in [6, 6.07) is 17.1. The van der Waals surface area contributed by atoms with E-state index in [1.807, 2.05) is 0 Å². The van der Waals surface area contributed by atoms with Crippen LogP contribution in [0.25, 0.3) is 0 Å². The molecule has 0 aliphatic heterocycles. The lowest BCUT2D eigenvalue weighted by atomic mass is 9.97. The van der Waals surface area contributed by atoms with Gasteiger partial charge in [0.15, 0.2) is 0 Å². The molecule has 0 heterocycles. The Bertz CT molecular complexity index is 730. The molecule has 0 unspecified atom stereocenters. The molecular formula is C23H29NO3. The van der Waals surface area contributed by atoms with Crippen molar-refractivity contribution in [3.05, 3.63) is 65.2 Å². The summed E-state index contributed by atoms with van der Waals surface area (Å²) >= 11 is 0. The number of hydrogen-bond donors (Lipinski definition) is 1. The fourth-order valence-electron chi connectivity index (χ4n) is 3.74. The molecular weight excluding hydrogens is 338 g/mol. The van der Waals surface area contributed by atoms with Crippen LogP contribution in [0.15, 0.2) is 48.5 Å². The summed E-state index contributed by atoms with van der Waals surface area (Å²) in [5.41, 5.74) is 4.18. The lowest BCUT2D eigenvalue weighted by molar-refractivity contribution is 0.170. The zero-order valence-corrected chi connectivity index (χ0v) is 16.1. The van der Waals surface area contributed by atoms with Crippen LogP contribution in [0.4, 0.5) is 4.79 Å². The highest BCUT2D eigenvalue weighted by molar-refractivity contribution is 5.66. The summed E-state index contributed by atoms with van der Waals surface area (Å²) in [6.45, 7) is 1.39. The van der Waals surface area contributed by atoms with Crippen LogP contribution in [0.2, 0.25) is 0 Å². The lowest BCUT2D eigenvalue weighted by Gasteiger charge is -2.14. The molecule has 4 heteroatoms. The first-order valence-electron chi connectivity index (χ1n) is 9.87. The Balaban J connectivity index is 1.43. The number of carbonyl (C=O) groups excluding carboxylic acids is 1. The molecule has 2 aromatic rings. The predicted octanol–water partition coefficient (Wildman–Crippen LogP) is 4.86. The largest absolute Gasteiger partial charge is 0.494 e. The molecule has 2 aromatic carbocycles. The maximum atomic E-state index is 11.2. The number of alkyl carbamates (subject to hydrolysis) is 1. The van der Waals surface area contributed by atoms with Crippen molar-refractivity contribution >= 4 is 6.09 Å². The maximum Gasteiger partial charge on any atom is 0.406 e. The van der Waals surface area contributed by atoms with Gasteiger partial charge in [-0.25, -0.2) is 4.79 Å². The van der Waals surface area contributed by atoms with Gasteiger partial charge in [0.05, 0.1) is 13.7 Å². The van der Waals surface area contributed by atoms with Crippen molar-refractivity contribution in [3.8, 4) is 5.75 Å². The number of unbranched alkanes of at least 4 members (excludes halogenated alkanes) is 1. The number of benzene rings is 2. The number of methoxy groups -OCH3 is 1. The minimum absolute atomic E-state index is 0.360. The molecule has 27 heavy (non-hydrogen) atoms. The summed E-state index contributed by atoms with van der Waals surface area (Å²) in [4.78, 5) is 11.2. The Morgan fingerprint density at radius 2 is 2.00 bits per heavy atom. The van der Waals surface area contributed by atoms with E-state index in [-0.39, 0.29) is 6.09 Å². The fourth-order valence-corrected chi connectivity index (χ4v) is 3.74. The first kappa shape index (κ1) is 19.3. The Morgan fingerprint density at radius 1 is 1.15 bits per heavy atom. The number of aryl methyl sites for hydroxylation is 2. The molecule has 0 aromatic heterocycles. The summed E-state index contributed by atoms with van der Waals surface area (Å²) < 4.78 is 10.6. The minimum atomic E-state index is -0.360. The monoisotopic (exact) mass is 367 g/mol. The van der Waals surface area contributed by atoms with E-state index in [1.165, 1.54) is 23.8 Å². The smallest absolute Gasteiger partial charge is 0.406 e. The summed E-state index contributed by atoms with van der Waals surface area (Å²) in [5.74, 6) is 1.44. The van der Waals surface area contributed by atoms with Gasteiger partial charge in [0.25, 0.3) is 0 Å². The van der Waals surface area contributed by atoms with E-state index in [2.05, 4.69) is 58.6 Å². The van der Waals surface area contributed by atoms with Gasteiger partial charge in [-0.2, -0.15) is 0 Å². The van der Waals surface area contributed by atoms with Crippen molar-refractivity contribution in [1.29, 1.82) is 0 Å². The standard InChI is InChI=1S/C23H29NO3/c1-26-23(25)24-15-14-20-11-10-19-12-13-21(17-22(19)20)27-16-6-5-9-18-7-3-2-4-8-18/h2-4,7-8,12-13,17,20H,5-6,9-11,14-16H2,1H3,(H,24,25)/t20-/m0/s1. The number of rotatable bonds is 9. The SMILES string of the molecule is COC(=O)NCC[C@@H]1CCc2ccc(OCCCCc3ccccc3)cc21. The quantitative estimate of drug-likeness (QED) is 0.644. The molecule has 0 bridgehead atoms. The van der Waals surface area contributed by atoms with Gasteiger partial charge in [0.1, 0.15) is 5.75 Å². The summed E-state index contributed by atoms with van der Waals surface area (Å²) in [7, 11) is 1.39. The molecule has 1 aliphatic rings. The first-order chi connectivity index (χ1) is 13.3. The number of nitrogens with one attached hydrogen (secondary N) is 1. The van der Waals surface area contributed by atoms with E-state index in [4.69, 9.17) is 4.74 Å². The van der Waals surface area contributed by atoms with Gasteiger partial charge >= 0.3 is 6.09 Å². The third-order valence-electron chi connectivity index (χ3n) is 5.24. The molecule has 1 N–H and O–H groups in total. The highest BCUT2D eigenvalue weighted by Gasteiger charge is 2.22. The summed E-state index contributed by atoms with van der Waals surface area (Å²) in [6.07, 6.45) is 6.11. The summed E-state index contributed by atoms with van der Waals surface area (Å²) in [5, 5.41) is 2.77. The van der Waals surface area contributed by atoms with Gasteiger partial charge in [-0.3, -0.25) is 0 Å². The van der Waals surface area contributed by atoms with Gasteiger partial charge in [-0.1, -0.05) is 36.4 Å². The van der Waals surface area contributed by atoms with E-state index < -0.39 is 0 Å². The molecule has 0 saturated heterocycles. The molecule has 1 amide bonds. The lowest BCUT2D eigenvalue weighted by Crippen LogP contribution is -2.25. The van der Waals surface area contributed by atoms with E-state index >= 15 is 0 Å². The van der Waals surface area contributed by atoms with Crippen molar-refractivity contribution in [1.82, 2.24) is 5.32 Å². The van der Waals surface area contributed by atoms with E-state index in [0.717, 1.165) is 50.9 Å². The van der Waals surface area contributed by atoms with Crippen LogP contribution >= 0.6 is 0 Å². The maximum absolute atomic E-state index is 11.2. The average molecular weight is 367 g/mol. The Labute approximate surface area is 161 Å². The number of carbonyl (C=O) groups is 1. The van der Waals surface area contributed by atoms with Gasteiger partial charge in [-0.15, -0.1) is 0 Å². The van der Waals surface area contributed by atoms with Crippen LogP contribution in [0.3, 0.4) is 0 Å². The van der Waals surface area contributed by atoms with Crippen molar-refractivity contribution in [2.24, 2.45) is 0 Å². The predicted molar refractivity (Wildman–Crippen MR) is 107 cm³/mol. The minimum Gasteiger partial charge on any atom is -0.494 e. The number of fused-ring (bicyclic) bond motifs is 1.